The summed E-state index contributed by atoms with van der Waals surface area (Å²) in [4.78, 5) is 6.74. The predicted octanol–water partition coefficient (Wildman–Crippen LogP) is 0.746. The van der Waals surface area contributed by atoms with Crippen molar-refractivity contribution >= 4 is 0 Å². The summed E-state index contributed by atoms with van der Waals surface area (Å²) < 4.78 is 0. The fourth-order valence-corrected chi connectivity index (χ4v) is 1.44. The second-order valence-electron chi connectivity index (χ2n) is 3.49. The second kappa shape index (κ2) is 3.85. The fourth-order valence-electron chi connectivity index (χ4n) is 1.44. The summed E-state index contributed by atoms with van der Waals surface area (Å²) in [5.41, 5.74) is 7.74. The Bertz CT molecular complexity index is 264. The van der Waals surface area contributed by atoms with E-state index < -0.39 is 0 Å². The Hall–Kier alpha value is -0.930. The second-order valence-corrected chi connectivity index (χ2v) is 3.49. The van der Waals surface area contributed by atoms with Crippen LogP contribution in [0.3, 0.4) is 0 Å². The van der Waals surface area contributed by atoms with E-state index in [0.29, 0.717) is 6.54 Å². The number of nitrogens with zero attached hydrogens (tertiary/aromatic N) is 2. The molecule has 2 N–H and O–H groups in total. The zero-order chi connectivity index (χ0) is 9.10. The molecule has 1 saturated heterocycles. The minimum Gasteiger partial charge on any atom is -0.326 e. The van der Waals surface area contributed by atoms with Crippen LogP contribution in [-0.2, 0) is 13.1 Å². The van der Waals surface area contributed by atoms with Crippen molar-refractivity contribution < 1.29 is 0 Å². The molecule has 0 saturated carbocycles. The quantitative estimate of drug-likeness (QED) is 0.740. The summed E-state index contributed by atoms with van der Waals surface area (Å²) in [5.74, 6) is 0. The first-order valence-corrected chi connectivity index (χ1v) is 4.75. The Labute approximate surface area is 78.6 Å². The number of rotatable bonds is 3. The maximum absolute atomic E-state index is 5.49. The molecule has 0 aliphatic carbocycles. The van der Waals surface area contributed by atoms with Crippen LogP contribution >= 0.6 is 0 Å². The zero-order valence-electron chi connectivity index (χ0n) is 7.74. The molecule has 1 aliphatic heterocycles. The van der Waals surface area contributed by atoms with Gasteiger partial charge in [-0.25, -0.2) is 0 Å². The number of aromatic nitrogens is 1. The van der Waals surface area contributed by atoms with E-state index in [2.05, 4.69) is 22.0 Å². The van der Waals surface area contributed by atoms with Gasteiger partial charge in [-0.15, -0.1) is 0 Å². The van der Waals surface area contributed by atoms with E-state index in [4.69, 9.17) is 5.73 Å². The lowest BCUT2D eigenvalue weighted by atomic mass is 10.2. The van der Waals surface area contributed by atoms with Crippen LogP contribution in [0.25, 0.3) is 0 Å². The summed E-state index contributed by atoms with van der Waals surface area (Å²) in [7, 11) is 0. The molecular weight excluding hydrogens is 162 g/mol. The van der Waals surface area contributed by atoms with E-state index >= 15 is 0 Å². The van der Waals surface area contributed by atoms with Crippen molar-refractivity contribution in [3.05, 3.63) is 29.6 Å². The van der Waals surface area contributed by atoms with Crippen molar-refractivity contribution in [2.45, 2.75) is 19.5 Å². The average molecular weight is 177 g/mol. The highest BCUT2D eigenvalue weighted by Gasteiger charge is 2.13. The Morgan fingerprint density at radius 1 is 1.38 bits per heavy atom. The topological polar surface area (TPSA) is 42.1 Å². The lowest BCUT2D eigenvalue weighted by Crippen LogP contribution is -2.36. The van der Waals surface area contributed by atoms with Gasteiger partial charge in [-0.05, 0) is 31.1 Å². The molecule has 0 amide bonds. The molecule has 1 aliphatic rings. The van der Waals surface area contributed by atoms with E-state index in [9.17, 15) is 0 Å². The van der Waals surface area contributed by atoms with Gasteiger partial charge in [0.15, 0.2) is 0 Å². The summed E-state index contributed by atoms with van der Waals surface area (Å²) in [6, 6.07) is 4.13. The van der Waals surface area contributed by atoms with Crippen molar-refractivity contribution in [1.29, 1.82) is 0 Å². The van der Waals surface area contributed by atoms with Gasteiger partial charge in [0.2, 0.25) is 0 Å². The first-order chi connectivity index (χ1) is 6.38. The van der Waals surface area contributed by atoms with Gasteiger partial charge < -0.3 is 5.73 Å². The lowest BCUT2D eigenvalue weighted by molar-refractivity contribution is 0.170. The van der Waals surface area contributed by atoms with E-state index in [-0.39, 0.29) is 0 Å². The van der Waals surface area contributed by atoms with Crippen LogP contribution < -0.4 is 5.73 Å². The normalized spacial score (nSPS) is 17.0. The van der Waals surface area contributed by atoms with Crippen LogP contribution in [-0.4, -0.2) is 23.0 Å². The molecule has 0 unspecified atom stereocenters. The van der Waals surface area contributed by atoms with E-state index in [1.165, 1.54) is 19.5 Å². The molecule has 0 spiro atoms. The van der Waals surface area contributed by atoms with Gasteiger partial charge in [-0.3, -0.25) is 9.88 Å². The molecule has 13 heavy (non-hydrogen) atoms. The maximum atomic E-state index is 5.49. The molecule has 1 fully saturated rings. The van der Waals surface area contributed by atoms with Gasteiger partial charge in [0, 0.05) is 19.3 Å². The van der Waals surface area contributed by atoms with Gasteiger partial charge in [-0.2, -0.15) is 0 Å². The maximum Gasteiger partial charge on any atom is 0.0544 e. The van der Waals surface area contributed by atoms with E-state index in [1.807, 2.05) is 6.20 Å². The highest BCUT2D eigenvalue weighted by Crippen LogP contribution is 2.10. The van der Waals surface area contributed by atoms with Crippen molar-refractivity contribution in [3.8, 4) is 0 Å². The van der Waals surface area contributed by atoms with Crippen molar-refractivity contribution in [3.63, 3.8) is 0 Å². The third-order valence-electron chi connectivity index (χ3n) is 2.46. The summed E-state index contributed by atoms with van der Waals surface area (Å²) in [5, 5.41) is 0. The SMILES string of the molecule is NCc1ccc(CN2CCC2)nc1. The molecule has 0 atom stereocenters. The van der Waals surface area contributed by atoms with Crippen LogP contribution in [0.1, 0.15) is 17.7 Å². The average Bonchev–Trinajstić information content (AvgIpc) is 2.12. The zero-order valence-corrected chi connectivity index (χ0v) is 7.74. The van der Waals surface area contributed by atoms with Crippen molar-refractivity contribution in [2.24, 2.45) is 5.73 Å². The number of hydrogen-bond donors (Lipinski definition) is 1. The minimum absolute atomic E-state index is 0.580. The van der Waals surface area contributed by atoms with E-state index in [0.717, 1.165) is 17.8 Å². The molecule has 0 radical (unpaired) electrons. The molecule has 2 heterocycles. The van der Waals surface area contributed by atoms with Gasteiger partial charge >= 0.3 is 0 Å². The number of hydrogen-bond acceptors (Lipinski definition) is 3. The molecule has 1 aromatic rings. The predicted molar refractivity (Wildman–Crippen MR) is 52.0 cm³/mol. The highest BCUT2D eigenvalue weighted by atomic mass is 15.2. The third kappa shape index (κ3) is 2.05. The van der Waals surface area contributed by atoms with Crippen LogP contribution in [0.2, 0.25) is 0 Å². The molecule has 1 aromatic heterocycles. The van der Waals surface area contributed by atoms with Gasteiger partial charge in [-0.1, -0.05) is 6.07 Å². The highest BCUT2D eigenvalue weighted by molar-refractivity contribution is 5.13. The van der Waals surface area contributed by atoms with Gasteiger partial charge in [0.05, 0.1) is 5.69 Å². The molecule has 70 valence electrons. The smallest absolute Gasteiger partial charge is 0.0544 e. The van der Waals surface area contributed by atoms with E-state index in [1.54, 1.807) is 0 Å². The van der Waals surface area contributed by atoms with Crippen LogP contribution in [0.15, 0.2) is 18.3 Å². The minimum atomic E-state index is 0.580. The van der Waals surface area contributed by atoms with Gasteiger partial charge in [0.25, 0.3) is 0 Å². The monoisotopic (exact) mass is 177 g/mol. The number of nitrogens with two attached hydrogens (primary N) is 1. The van der Waals surface area contributed by atoms with Crippen LogP contribution in [0.4, 0.5) is 0 Å². The molecule has 0 bridgehead atoms. The first kappa shape index (κ1) is 8.66. The van der Waals surface area contributed by atoms with Crippen molar-refractivity contribution in [1.82, 2.24) is 9.88 Å². The Kier molecular flexibility index (Phi) is 2.57. The standard InChI is InChI=1S/C10H15N3/c11-6-9-2-3-10(12-7-9)8-13-4-1-5-13/h2-3,7H,1,4-6,8,11H2. The molecule has 0 aromatic carbocycles. The summed E-state index contributed by atoms with van der Waals surface area (Å²) in [6.45, 7) is 4.02. The molecule has 3 heteroatoms. The van der Waals surface area contributed by atoms with Crippen LogP contribution in [0.5, 0.6) is 0 Å². The Balaban J connectivity index is 1.96. The Morgan fingerprint density at radius 2 is 2.23 bits per heavy atom. The largest absolute Gasteiger partial charge is 0.326 e. The number of likely N-dealkylation sites (tertiary alicyclic amines) is 1. The molecular formula is C10H15N3. The summed E-state index contributed by atoms with van der Waals surface area (Å²) in [6.07, 6.45) is 3.20. The first-order valence-electron chi connectivity index (χ1n) is 4.75. The number of pyridine rings is 1. The summed E-state index contributed by atoms with van der Waals surface area (Å²) >= 11 is 0. The lowest BCUT2D eigenvalue weighted by Gasteiger charge is -2.30. The Morgan fingerprint density at radius 3 is 2.69 bits per heavy atom. The van der Waals surface area contributed by atoms with Crippen molar-refractivity contribution in [2.75, 3.05) is 13.1 Å². The van der Waals surface area contributed by atoms with Crippen LogP contribution in [0, 0.1) is 0 Å². The van der Waals surface area contributed by atoms with Gasteiger partial charge in [0.1, 0.15) is 0 Å². The molecule has 3 nitrogen and oxygen atoms in total. The molecule has 2 rings (SSSR count). The third-order valence-corrected chi connectivity index (χ3v) is 2.46. The fraction of sp³-hybridized carbons (Fsp3) is 0.500.